The normalized spacial score (nSPS) is 13.0. The highest BCUT2D eigenvalue weighted by Crippen LogP contribution is 2.04. The van der Waals surface area contributed by atoms with Gasteiger partial charge < -0.3 is 15.0 Å². The highest BCUT2D eigenvalue weighted by Gasteiger charge is 2.17. The topological polar surface area (TPSA) is 58.6 Å². The summed E-state index contributed by atoms with van der Waals surface area (Å²) in [5.74, 6) is -0.499. The zero-order valence-electron chi connectivity index (χ0n) is 7.70. The Bertz CT molecular complexity index is 141. The van der Waals surface area contributed by atoms with Crippen molar-refractivity contribution in [2.24, 2.45) is 5.92 Å². The van der Waals surface area contributed by atoms with Crippen molar-refractivity contribution in [3.05, 3.63) is 0 Å². The molecule has 0 aliphatic rings. The summed E-state index contributed by atoms with van der Waals surface area (Å²) >= 11 is 0. The van der Waals surface area contributed by atoms with Crippen LogP contribution in [0.5, 0.6) is 0 Å². The van der Waals surface area contributed by atoms with Gasteiger partial charge in [-0.3, -0.25) is 4.79 Å². The fraction of sp³-hybridized carbons (Fsp3) is 0.857. The molecule has 0 amide bonds. The van der Waals surface area contributed by atoms with E-state index in [4.69, 9.17) is 5.11 Å². The first kappa shape index (κ1) is 11.5. The standard InChI is InChI=1S/C7H15BNO3/c1-5(2)4-6(7(10)11)9-8-12-3/h5-6,9H,4H2,1-3H3,(H,10,11)/t6-/m0/s1. The predicted molar refractivity (Wildman–Crippen MR) is 46.8 cm³/mol. The molecule has 0 rings (SSSR count). The first-order valence-corrected chi connectivity index (χ1v) is 3.91. The van der Waals surface area contributed by atoms with Gasteiger partial charge >= 0.3 is 13.6 Å². The minimum Gasteiger partial charge on any atom is -0.480 e. The molecule has 0 heterocycles. The van der Waals surface area contributed by atoms with Gasteiger partial charge in [-0.25, -0.2) is 0 Å². The van der Waals surface area contributed by atoms with Crippen molar-refractivity contribution in [1.82, 2.24) is 5.23 Å². The van der Waals surface area contributed by atoms with E-state index >= 15 is 0 Å². The summed E-state index contributed by atoms with van der Waals surface area (Å²) < 4.78 is 4.60. The molecule has 0 unspecified atom stereocenters. The zero-order chi connectivity index (χ0) is 9.56. The third kappa shape index (κ3) is 5.15. The molecule has 1 radical (unpaired) electrons. The van der Waals surface area contributed by atoms with Gasteiger partial charge in [-0.05, 0) is 12.3 Å². The summed E-state index contributed by atoms with van der Waals surface area (Å²) in [6.07, 6.45) is 0.592. The quantitative estimate of drug-likeness (QED) is 0.564. The van der Waals surface area contributed by atoms with Gasteiger partial charge in [0, 0.05) is 7.11 Å². The Kier molecular flexibility index (Phi) is 5.75. The third-order valence-corrected chi connectivity index (χ3v) is 1.39. The second kappa shape index (κ2) is 6.02. The molecule has 5 heteroatoms. The van der Waals surface area contributed by atoms with E-state index in [2.05, 4.69) is 9.88 Å². The lowest BCUT2D eigenvalue weighted by Crippen LogP contribution is -2.40. The minimum atomic E-state index is -0.850. The maximum absolute atomic E-state index is 10.6. The third-order valence-electron chi connectivity index (χ3n) is 1.39. The number of hydrogen-bond acceptors (Lipinski definition) is 3. The van der Waals surface area contributed by atoms with Gasteiger partial charge in [0.15, 0.2) is 0 Å². The molecule has 0 aliphatic heterocycles. The number of nitrogens with one attached hydrogen (secondary N) is 1. The molecule has 0 spiro atoms. The average Bonchev–Trinajstić information content (AvgIpc) is 1.96. The fourth-order valence-electron chi connectivity index (χ4n) is 0.862. The molecule has 0 aromatic rings. The van der Waals surface area contributed by atoms with E-state index in [0.717, 1.165) is 0 Å². The number of carboxylic acids is 1. The number of hydrogen-bond donors (Lipinski definition) is 2. The van der Waals surface area contributed by atoms with E-state index < -0.39 is 12.0 Å². The lowest BCUT2D eigenvalue weighted by molar-refractivity contribution is -0.139. The Labute approximate surface area is 73.6 Å². The molecular weight excluding hydrogens is 157 g/mol. The minimum absolute atomic E-state index is 0.351. The molecule has 0 aliphatic carbocycles. The van der Waals surface area contributed by atoms with Crippen molar-refractivity contribution in [2.45, 2.75) is 26.3 Å². The molecule has 0 aromatic heterocycles. The Morgan fingerprint density at radius 3 is 2.58 bits per heavy atom. The van der Waals surface area contributed by atoms with Gasteiger partial charge in [0.1, 0.15) is 0 Å². The molecule has 4 nitrogen and oxygen atoms in total. The SMILES string of the molecule is CO[B]N[C@@H](CC(C)C)C(=O)O. The summed E-state index contributed by atoms with van der Waals surface area (Å²) in [6.45, 7) is 3.95. The van der Waals surface area contributed by atoms with Crippen LogP contribution in [0.2, 0.25) is 0 Å². The van der Waals surface area contributed by atoms with Crippen molar-refractivity contribution in [3.63, 3.8) is 0 Å². The summed E-state index contributed by atoms with van der Waals surface area (Å²) in [7, 11) is 2.77. The molecule has 0 fully saturated rings. The Hall–Kier alpha value is -0.545. The van der Waals surface area contributed by atoms with E-state index in [1.165, 1.54) is 14.7 Å². The van der Waals surface area contributed by atoms with Gasteiger partial charge in [-0.1, -0.05) is 13.8 Å². The highest BCUT2D eigenvalue weighted by atomic mass is 16.4. The second-order valence-corrected chi connectivity index (χ2v) is 3.04. The maximum atomic E-state index is 10.6. The number of carboxylic acid groups (broad SMARTS) is 1. The summed E-state index contributed by atoms with van der Waals surface area (Å²) in [5.41, 5.74) is 0. The molecule has 0 saturated heterocycles. The van der Waals surface area contributed by atoms with E-state index in [1.54, 1.807) is 0 Å². The van der Waals surface area contributed by atoms with Crippen LogP contribution in [0, 0.1) is 5.92 Å². The van der Waals surface area contributed by atoms with Crippen LogP contribution < -0.4 is 5.23 Å². The van der Waals surface area contributed by atoms with Crippen LogP contribution in [0.4, 0.5) is 0 Å². The summed E-state index contributed by atoms with van der Waals surface area (Å²) in [5, 5.41) is 11.4. The van der Waals surface area contributed by atoms with Crippen LogP contribution >= 0.6 is 0 Å². The molecule has 2 N–H and O–H groups in total. The lowest BCUT2D eigenvalue weighted by Gasteiger charge is -2.14. The maximum Gasteiger partial charge on any atom is 0.396 e. The van der Waals surface area contributed by atoms with Gasteiger partial charge in [-0.15, -0.1) is 0 Å². The van der Waals surface area contributed by atoms with Gasteiger partial charge in [0.05, 0.1) is 6.04 Å². The highest BCUT2D eigenvalue weighted by molar-refractivity contribution is 6.24. The van der Waals surface area contributed by atoms with Crippen LogP contribution in [-0.4, -0.2) is 31.8 Å². The Balaban J connectivity index is 3.78. The van der Waals surface area contributed by atoms with Crippen molar-refractivity contribution in [3.8, 4) is 0 Å². The van der Waals surface area contributed by atoms with Crippen molar-refractivity contribution < 1.29 is 14.6 Å². The van der Waals surface area contributed by atoms with Crippen molar-refractivity contribution in [2.75, 3.05) is 7.11 Å². The van der Waals surface area contributed by atoms with E-state index in [0.29, 0.717) is 12.3 Å². The van der Waals surface area contributed by atoms with Gasteiger partial charge in [0.25, 0.3) is 0 Å². The van der Waals surface area contributed by atoms with Gasteiger partial charge in [0.2, 0.25) is 0 Å². The largest absolute Gasteiger partial charge is 0.480 e. The Morgan fingerprint density at radius 2 is 2.25 bits per heavy atom. The van der Waals surface area contributed by atoms with Gasteiger partial charge in [-0.2, -0.15) is 0 Å². The summed E-state index contributed by atoms with van der Waals surface area (Å²) in [4.78, 5) is 10.6. The average molecular weight is 172 g/mol. The number of aliphatic carboxylic acids is 1. The molecule has 69 valence electrons. The number of carbonyl (C=O) groups is 1. The molecule has 12 heavy (non-hydrogen) atoms. The van der Waals surface area contributed by atoms with E-state index in [1.807, 2.05) is 13.8 Å². The molecule has 0 aromatic carbocycles. The zero-order valence-corrected chi connectivity index (χ0v) is 7.70. The first-order valence-electron chi connectivity index (χ1n) is 3.91. The molecular formula is C7H15BNO3. The predicted octanol–water partition coefficient (Wildman–Crippen LogP) is 0.256. The van der Waals surface area contributed by atoms with E-state index in [-0.39, 0.29) is 0 Å². The van der Waals surface area contributed by atoms with Crippen LogP contribution in [0.15, 0.2) is 0 Å². The Morgan fingerprint density at radius 1 is 1.67 bits per heavy atom. The van der Waals surface area contributed by atoms with Crippen molar-refractivity contribution >= 4 is 13.6 Å². The lowest BCUT2D eigenvalue weighted by atomic mass is 10.0. The summed E-state index contributed by atoms with van der Waals surface area (Å²) in [6, 6.07) is -0.551. The second-order valence-electron chi connectivity index (χ2n) is 3.04. The monoisotopic (exact) mass is 172 g/mol. The smallest absolute Gasteiger partial charge is 0.396 e. The fourth-order valence-corrected chi connectivity index (χ4v) is 0.862. The number of rotatable bonds is 6. The van der Waals surface area contributed by atoms with Crippen LogP contribution in [-0.2, 0) is 9.45 Å². The first-order chi connectivity index (χ1) is 5.57. The molecule has 0 saturated carbocycles. The molecule has 0 bridgehead atoms. The molecule has 1 atom stereocenters. The van der Waals surface area contributed by atoms with Crippen LogP contribution in [0.25, 0.3) is 0 Å². The van der Waals surface area contributed by atoms with E-state index in [9.17, 15) is 4.79 Å². The van der Waals surface area contributed by atoms with Crippen molar-refractivity contribution in [1.29, 1.82) is 0 Å². The van der Waals surface area contributed by atoms with Crippen LogP contribution in [0.3, 0.4) is 0 Å². The van der Waals surface area contributed by atoms with Crippen LogP contribution in [0.1, 0.15) is 20.3 Å².